The molecular weight excluding hydrogens is 409 g/mol. The Bertz CT molecular complexity index is 706. The number of sulfonamides is 1. The van der Waals surface area contributed by atoms with Gasteiger partial charge in [-0.25, -0.2) is 13.1 Å². The van der Waals surface area contributed by atoms with Crippen molar-refractivity contribution in [2.24, 2.45) is 11.7 Å². The van der Waals surface area contributed by atoms with Crippen molar-refractivity contribution in [3.05, 3.63) is 28.2 Å². The molecule has 2 rings (SSSR count). The van der Waals surface area contributed by atoms with E-state index in [-0.39, 0.29) is 46.2 Å². The third kappa shape index (κ3) is 5.70. The van der Waals surface area contributed by atoms with E-state index in [9.17, 15) is 13.2 Å². The second-order valence-corrected chi connectivity index (χ2v) is 8.66. The van der Waals surface area contributed by atoms with E-state index in [1.54, 1.807) is 6.07 Å². The standard InChI is InChI=1S/C15H21Cl2N3O3S.ClH/c1-15(9-18,10-5-6-10)20-13(21)7-8-19-24(22,23)14-11(16)3-2-4-12(14)17;/h2-4,10,19H,5-9,18H2,1H3,(H,20,21);1H. The van der Waals surface area contributed by atoms with Gasteiger partial charge in [-0.05, 0) is 37.8 Å². The van der Waals surface area contributed by atoms with Crippen molar-refractivity contribution >= 4 is 51.5 Å². The Balaban J connectivity index is 0.00000312. The minimum Gasteiger partial charge on any atom is -0.349 e. The van der Waals surface area contributed by atoms with Gasteiger partial charge in [-0.3, -0.25) is 4.79 Å². The van der Waals surface area contributed by atoms with E-state index in [0.29, 0.717) is 12.5 Å². The highest BCUT2D eigenvalue weighted by Crippen LogP contribution is 2.39. The zero-order valence-corrected chi connectivity index (χ0v) is 16.9. The van der Waals surface area contributed by atoms with E-state index < -0.39 is 15.6 Å². The summed E-state index contributed by atoms with van der Waals surface area (Å²) in [5, 5.41) is 2.97. The van der Waals surface area contributed by atoms with Gasteiger partial charge in [0, 0.05) is 19.5 Å². The number of carbonyl (C=O) groups excluding carboxylic acids is 1. The minimum absolute atomic E-state index is 0. The quantitative estimate of drug-likeness (QED) is 0.589. The van der Waals surface area contributed by atoms with Gasteiger partial charge in [0.05, 0.1) is 15.6 Å². The van der Waals surface area contributed by atoms with Gasteiger partial charge in [-0.1, -0.05) is 29.3 Å². The summed E-state index contributed by atoms with van der Waals surface area (Å²) >= 11 is 11.8. The maximum Gasteiger partial charge on any atom is 0.243 e. The van der Waals surface area contributed by atoms with Gasteiger partial charge >= 0.3 is 0 Å². The molecule has 142 valence electrons. The van der Waals surface area contributed by atoms with E-state index in [1.807, 2.05) is 6.92 Å². The molecule has 1 unspecified atom stereocenters. The summed E-state index contributed by atoms with van der Waals surface area (Å²) < 4.78 is 26.9. The number of hydrogen-bond acceptors (Lipinski definition) is 4. The molecule has 1 aromatic carbocycles. The fraction of sp³-hybridized carbons (Fsp3) is 0.533. The maximum atomic E-state index is 12.3. The molecule has 0 heterocycles. The molecule has 1 amide bonds. The van der Waals surface area contributed by atoms with Crippen LogP contribution in [0, 0.1) is 5.92 Å². The third-order valence-electron chi connectivity index (χ3n) is 4.16. The normalized spacial score (nSPS) is 16.6. The molecule has 25 heavy (non-hydrogen) atoms. The summed E-state index contributed by atoms with van der Waals surface area (Å²) in [6, 6.07) is 4.44. The van der Waals surface area contributed by atoms with Crippen LogP contribution in [0.3, 0.4) is 0 Å². The van der Waals surface area contributed by atoms with Crippen LogP contribution in [0.15, 0.2) is 23.1 Å². The van der Waals surface area contributed by atoms with Crippen molar-refractivity contribution in [3.8, 4) is 0 Å². The van der Waals surface area contributed by atoms with Gasteiger partial charge in [0.15, 0.2) is 0 Å². The molecular formula is C15H22Cl3N3O3S. The van der Waals surface area contributed by atoms with Crippen molar-refractivity contribution in [1.29, 1.82) is 0 Å². The topological polar surface area (TPSA) is 101 Å². The Labute approximate surface area is 164 Å². The lowest BCUT2D eigenvalue weighted by molar-refractivity contribution is -0.122. The lowest BCUT2D eigenvalue weighted by Crippen LogP contribution is -2.53. The average molecular weight is 431 g/mol. The van der Waals surface area contributed by atoms with Crippen LogP contribution in [0.4, 0.5) is 0 Å². The number of benzene rings is 1. The first-order valence-electron chi connectivity index (χ1n) is 7.64. The molecule has 0 radical (unpaired) electrons. The molecule has 1 fully saturated rings. The van der Waals surface area contributed by atoms with E-state index in [1.165, 1.54) is 12.1 Å². The lowest BCUT2D eigenvalue weighted by Gasteiger charge is -2.29. The number of rotatable bonds is 8. The Morgan fingerprint density at radius 1 is 1.32 bits per heavy atom. The van der Waals surface area contributed by atoms with Gasteiger partial charge in [-0.15, -0.1) is 12.4 Å². The summed E-state index contributed by atoms with van der Waals surface area (Å²) in [7, 11) is -3.89. The van der Waals surface area contributed by atoms with Crippen molar-refractivity contribution in [2.75, 3.05) is 13.1 Å². The van der Waals surface area contributed by atoms with Gasteiger partial charge < -0.3 is 11.1 Å². The van der Waals surface area contributed by atoms with E-state index >= 15 is 0 Å². The summed E-state index contributed by atoms with van der Waals surface area (Å²) in [4.78, 5) is 11.9. The fourth-order valence-electron chi connectivity index (χ4n) is 2.53. The molecule has 6 nitrogen and oxygen atoms in total. The van der Waals surface area contributed by atoms with Crippen molar-refractivity contribution < 1.29 is 13.2 Å². The number of nitrogens with two attached hydrogens (primary N) is 1. The van der Waals surface area contributed by atoms with Crippen LogP contribution in [0.25, 0.3) is 0 Å². The molecule has 1 aromatic rings. The predicted octanol–water partition coefficient (Wildman–Crippen LogP) is 2.33. The van der Waals surface area contributed by atoms with Crippen molar-refractivity contribution in [2.45, 2.75) is 36.6 Å². The van der Waals surface area contributed by atoms with Gasteiger partial charge in [0.2, 0.25) is 15.9 Å². The van der Waals surface area contributed by atoms with Crippen LogP contribution in [0.5, 0.6) is 0 Å². The molecule has 4 N–H and O–H groups in total. The number of hydrogen-bond donors (Lipinski definition) is 3. The summed E-state index contributed by atoms with van der Waals surface area (Å²) in [5.74, 6) is 0.146. The molecule has 1 aliphatic carbocycles. The first-order chi connectivity index (χ1) is 11.2. The molecule has 10 heteroatoms. The second-order valence-electron chi connectivity index (χ2n) is 6.14. The Morgan fingerprint density at radius 3 is 2.36 bits per heavy atom. The van der Waals surface area contributed by atoms with Crippen LogP contribution >= 0.6 is 35.6 Å². The predicted molar refractivity (Wildman–Crippen MR) is 102 cm³/mol. The van der Waals surface area contributed by atoms with Crippen LogP contribution in [0.1, 0.15) is 26.2 Å². The zero-order chi connectivity index (χ0) is 18.0. The second kappa shape index (κ2) is 8.88. The van der Waals surface area contributed by atoms with E-state index in [0.717, 1.165) is 12.8 Å². The molecule has 0 aromatic heterocycles. The van der Waals surface area contributed by atoms with Gasteiger partial charge in [0.1, 0.15) is 4.90 Å². The molecule has 1 aliphatic rings. The summed E-state index contributed by atoms with van der Waals surface area (Å²) in [6.07, 6.45) is 2.10. The molecule has 0 bridgehead atoms. The summed E-state index contributed by atoms with van der Waals surface area (Å²) in [6.45, 7) is 2.21. The highest BCUT2D eigenvalue weighted by molar-refractivity contribution is 7.89. The van der Waals surface area contributed by atoms with Crippen LogP contribution in [0.2, 0.25) is 10.0 Å². The SMILES string of the molecule is CC(CN)(NC(=O)CCNS(=O)(=O)c1c(Cl)cccc1Cl)C1CC1.Cl. The number of nitrogens with one attached hydrogen (secondary N) is 2. The van der Waals surface area contributed by atoms with Gasteiger partial charge in [-0.2, -0.15) is 0 Å². The van der Waals surface area contributed by atoms with E-state index in [2.05, 4.69) is 10.0 Å². The molecule has 0 saturated heterocycles. The first kappa shape index (κ1) is 22.5. The van der Waals surface area contributed by atoms with Gasteiger partial charge in [0.25, 0.3) is 0 Å². The number of amides is 1. The summed E-state index contributed by atoms with van der Waals surface area (Å²) in [5.41, 5.74) is 5.32. The monoisotopic (exact) mass is 429 g/mol. The fourth-order valence-corrected chi connectivity index (χ4v) is 4.70. The van der Waals surface area contributed by atoms with Crippen LogP contribution in [-0.2, 0) is 14.8 Å². The third-order valence-corrected chi connectivity index (χ3v) is 6.57. The minimum atomic E-state index is -3.89. The zero-order valence-electron chi connectivity index (χ0n) is 13.7. The maximum absolute atomic E-state index is 12.3. The number of halogens is 3. The molecule has 0 aliphatic heterocycles. The lowest BCUT2D eigenvalue weighted by atomic mass is 9.96. The number of carbonyl (C=O) groups is 1. The molecule has 0 spiro atoms. The average Bonchev–Trinajstić information content (AvgIpc) is 3.31. The Hall–Kier alpha value is -0.570. The van der Waals surface area contributed by atoms with Crippen LogP contribution in [-0.4, -0.2) is 33.0 Å². The molecule has 1 atom stereocenters. The largest absolute Gasteiger partial charge is 0.349 e. The first-order valence-corrected chi connectivity index (χ1v) is 9.88. The molecule has 1 saturated carbocycles. The Morgan fingerprint density at radius 2 is 1.88 bits per heavy atom. The smallest absolute Gasteiger partial charge is 0.243 e. The van der Waals surface area contributed by atoms with E-state index in [4.69, 9.17) is 28.9 Å². The highest BCUT2D eigenvalue weighted by atomic mass is 35.5. The van der Waals surface area contributed by atoms with Crippen molar-refractivity contribution in [1.82, 2.24) is 10.0 Å². The Kier molecular flexibility index (Phi) is 7.98. The van der Waals surface area contributed by atoms with Crippen LogP contribution < -0.4 is 15.8 Å². The highest BCUT2D eigenvalue weighted by Gasteiger charge is 2.41. The van der Waals surface area contributed by atoms with Crippen molar-refractivity contribution in [3.63, 3.8) is 0 Å².